The monoisotopic (exact) mass is 408 g/mol. The van der Waals surface area contributed by atoms with Gasteiger partial charge in [-0.05, 0) is 61.1 Å². The second kappa shape index (κ2) is 8.02. The number of phenolic OH excluding ortho intramolecular Hbond substituents is 1. The van der Waals surface area contributed by atoms with Gasteiger partial charge in [0.15, 0.2) is 0 Å². The van der Waals surface area contributed by atoms with E-state index in [9.17, 15) is 28.2 Å². The molecular formula is C21H23F3N2O3. The summed E-state index contributed by atoms with van der Waals surface area (Å²) in [6.07, 6.45) is -3.00. The number of nitrogens with zero attached hydrogens (tertiary/aromatic N) is 1. The van der Waals surface area contributed by atoms with Crippen LogP contribution in [-0.2, 0) is 11.2 Å². The zero-order chi connectivity index (χ0) is 21.2. The third-order valence-electron chi connectivity index (χ3n) is 5.72. The van der Waals surface area contributed by atoms with Gasteiger partial charge in [0.1, 0.15) is 5.75 Å². The van der Waals surface area contributed by atoms with Gasteiger partial charge >= 0.3 is 6.18 Å². The predicted molar refractivity (Wildman–Crippen MR) is 99.8 cm³/mol. The van der Waals surface area contributed by atoms with Crippen LogP contribution in [0.3, 0.4) is 0 Å². The average molecular weight is 408 g/mol. The van der Waals surface area contributed by atoms with Crippen molar-refractivity contribution in [3.05, 3.63) is 59.9 Å². The van der Waals surface area contributed by atoms with Gasteiger partial charge in [-0.25, -0.2) is 0 Å². The normalized spacial score (nSPS) is 18.6. The molecule has 1 aromatic carbocycles. The molecule has 0 spiro atoms. The number of carbonyl (C=O) groups is 1. The molecule has 1 aliphatic carbocycles. The van der Waals surface area contributed by atoms with Crippen LogP contribution in [0.2, 0.25) is 0 Å². The average Bonchev–Trinajstić information content (AvgIpc) is 3.45. The van der Waals surface area contributed by atoms with Crippen LogP contribution in [0.1, 0.15) is 36.3 Å². The van der Waals surface area contributed by atoms with E-state index in [2.05, 4.69) is 4.98 Å². The number of alkyl halides is 3. The maximum atomic E-state index is 13.9. The molecule has 156 valence electrons. The van der Waals surface area contributed by atoms with Crippen LogP contribution in [-0.4, -0.2) is 33.4 Å². The highest BCUT2D eigenvalue weighted by atomic mass is 19.4. The minimum Gasteiger partial charge on any atom is -0.508 e. The number of hydrogen-bond donors (Lipinski definition) is 3. The molecule has 8 heteroatoms. The molecule has 1 aromatic heterocycles. The molecule has 5 nitrogen and oxygen atoms in total. The van der Waals surface area contributed by atoms with Crippen LogP contribution < -0.4 is 5.73 Å². The van der Waals surface area contributed by atoms with Crippen LogP contribution in [0.15, 0.2) is 48.8 Å². The Labute approximate surface area is 166 Å². The smallest absolute Gasteiger partial charge is 0.395 e. The first-order valence-electron chi connectivity index (χ1n) is 9.36. The maximum absolute atomic E-state index is 13.9. The standard InChI is InChI=1S/C21H23F3N2O3/c22-21(23,24)20(7-8-20)18(14-5-9-26-10-6-14)17(19(25)29)12-16(28)11-13-1-3-15(27)4-2-13/h1-6,9-10,16-18,27-28H,7-8,11-12H2,(H2,25,29)/t16-,17?,18?/m1/s1. The lowest BCUT2D eigenvalue weighted by molar-refractivity contribution is -0.199. The molecule has 0 radical (unpaired) electrons. The fraction of sp³-hybridized carbons (Fsp3) is 0.429. The van der Waals surface area contributed by atoms with E-state index in [4.69, 9.17) is 5.73 Å². The molecule has 1 aliphatic rings. The molecule has 0 aliphatic heterocycles. The van der Waals surface area contributed by atoms with Crippen LogP contribution in [0.25, 0.3) is 0 Å². The SMILES string of the molecule is NC(=O)C(C[C@H](O)Cc1ccc(O)cc1)C(c1ccncc1)C1(C(F)(F)F)CC1. The van der Waals surface area contributed by atoms with Crippen LogP contribution in [0, 0.1) is 11.3 Å². The van der Waals surface area contributed by atoms with Gasteiger partial charge in [0.25, 0.3) is 0 Å². The molecule has 29 heavy (non-hydrogen) atoms. The number of primary amides is 1. The van der Waals surface area contributed by atoms with Crippen LogP contribution in [0.5, 0.6) is 5.75 Å². The first kappa shape index (κ1) is 21.1. The van der Waals surface area contributed by atoms with Gasteiger partial charge < -0.3 is 15.9 Å². The molecular weight excluding hydrogens is 385 g/mol. The second-order valence-corrected chi connectivity index (χ2v) is 7.68. The van der Waals surface area contributed by atoms with Crippen molar-refractivity contribution in [1.29, 1.82) is 0 Å². The quantitative estimate of drug-likeness (QED) is 0.624. The number of pyridine rings is 1. The number of aromatic hydroxyl groups is 1. The van der Waals surface area contributed by atoms with E-state index in [-0.39, 0.29) is 31.4 Å². The number of rotatable bonds is 8. The van der Waals surface area contributed by atoms with E-state index in [1.165, 1.54) is 36.7 Å². The zero-order valence-electron chi connectivity index (χ0n) is 15.6. The molecule has 4 N–H and O–H groups in total. The number of aliphatic hydroxyl groups excluding tert-OH is 1. The molecule has 2 aromatic rings. The highest BCUT2D eigenvalue weighted by molar-refractivity contribution is 5.78. The van der Waals surface area contributed by atoms with Crippen molar-refractivity contribution in [3.8, 4) is 5.75 Å². The topological polar surface area (TPSA) is 96.4 Å². The molecule has 1 fully saturated rings. The van der Waals surface area contributed by atoms with E-state index in [0.29, 0.717) is 11.1 Å². The number of hydrogen-bond acceptors (Lipinski definition) is 4. The van der Waals surface area contributed by atoms with Crippen LogP contribution in [0.4, 0.5) is 13.2 Å². The molecule has 2 unspecified atom stereocenters. The fourth-order valence-electron chi connectivity index (χ4n) is 4.11. The van der Waals surface area contributed by atoms with Crippen LogP contribution >= 0.6 is 0 Å². The largest absolute Gasteiger partial charge is 0.508 e. The number of aromatic nitrogens is 1. The molecule has 1 amide bonds. The number of carbonyl (C=O) groups excluding carboxylic acids is 1. The summed E-state index contributed by atoms with van der Waals surface area (Å²) < 4.78 is 41.8. The van der Waals surface area contributed by atoms with E-state index in [1.807, 2.05) is 0 Å². The second-order valence-electron chi connectivity index (χ2n) is 7.68. The first-order chi connectivity index (χ1) is 13.6. The van der Waals surface area contributed by atoms with Crippen molar-refractivity contribution >= 4 is 5.91 Å². The van der Waals surface area contributed by atoms with E-state index < -0.39 is 35.4 Å². The van der Waals surface area contributed by atoms with Gasteiger partial charge in [-0.1, -0.05) is 12.1 Å². The number of aliphatic hydroxyl groups is 1. The summed E-state index contributed by atoms with van der Waals surface area (Å²) in [5.74, 6) is -3.17. The Morgan fingerprint density at radius 2 is 1.72 bits per heavy atom. The molecule has 3 rings (SSSR count). The Hall–Kier alpha value is -2.61. The van der Waals surface area contributed by atoms with Crippen molar-refractivity contribution in [2.75, 3.05) is 0 Å². The lowest BCUT2D eigenvalue weighted by atomic mass is 9.71. The number of amides is 1. The highest BCUT2D eigenvalue weighted by Crippen LogP contribution is 2.67. The minimum absolute atomic E-state index is 0.0665. The Kier molecular flexibility index (Phi) is 5.84. The molecule has 0 saturated heterocycles. The molecule has 1 saturated carbocycles. The predicted octanol–water partition coefficient (Wildman–Crippen LogP) is 3.31. The Morgan fingerprint density at radius 3 is 2.21 bits per heavy atom. The summed E-state index contributed by atoms with van der Waals surface area (Å²) in [7, 11) is 0. The van der Waals surface area contributed by atoms with Gasteiger partial charge in [-0.15, -0.1) is 0 Å². The molecule has 1 heterocycles. The maximum Gasteiger partial charge on any atom is 0.395 e. The minimum atomic E-state index is -4.49. The summed E-state index contributed by atoms with van der Waals surface area (Å²) in [5, 5.41) is 19.9. The third kappa shape index (κ3) is 4.53. The summed E-state index contributed by atoms with van der Waals surface area (Å²) >= 11 is 0. The Bertz CT molecular complexity index is 836. The molecule has 3 atom stereocenters. The summed E-state index contributed by atoms with van der Waals surface area (Å²) in [6, 6.07) is 9.07. The number of benzene rings is 1. The summed E-state index contributed by atoms with van der Waals surface area (Å²) in [5.41, 5.74) is 4.55. The Balaban J connectivity index is 1.89. The van der Waals surface area contributed by atoms with E-state index in [0.717, 1.165) is 0 Å². The third-order valence-corrected chi connectivity index (χ3v) is 5.72. The lowest BCUT2D eigenvalue weighted by Gasteiger charge is -2.35. The number of phenols is 1. The van der Waals surface area contributed by atoms with Gasteiger partial charge in [-0.2, -0.15) is 13.2 Å². The molecule has 0 bridgehead atoms. The first-order valence-corrected chi connectivity index (χ1v) is 9.36. The summed E-state index contributed by atoms with van der Waals surface area (Å²) in [4.78, 5) is 16.1. The fourth-order valence-corrected chi connectivity index (χ4v) is 4.11. The van der Waals surface area contributed by atoms with Crippen molar-refractivity contribution < 1.29 is 28.2 Å². The van der Waals surface area contributed by atoms with E-state index >= 15 is 0 Å². The van der Waals surface area contributed by atoms with Gasteiger partial charge in [0.05, 0.1) is 11.5 Å². The van der Waals surface area contributed by atoms with Crippen molar-refractivity contribution in [1.82, 2.24) is 4.98 Å². The Morgan fingerprint density at radius 1 is 1.14 bits per heavy atom. The number of halogens is 3. The lowest BCUT2D eigenvalue weighted by Crippen LogP contribution is -2.41. The summed E-state index contributed by atoms with van der Waals surface area (Å²) in [6.45, 7) is 0. The van der Waals surface area contributed by atoms with Gasteiger partial charge in [0, 0.05) is 24.2 Å². The number of nitrogens with two attached hydrogens (primary N) is 1. The van der Waals surface area contributed by atoms with Crippen molar-refractivity contribution in [2.45, 2.75) is 43.9 Å². The van der Waals surface area contributed by atoms with Crippen molar-refractivity contribution in [3.63, 3.8) is 0 Å². The zero-order valence-corrected chi connectivity index (χ0v) is 15.6. The highest BCUT2D eigenvalue weighted by Gasteiger charge is 2.69. The van der Waals surface area contributed by atoms with Crippen molar-refractivity contribution in [2.24, 2.45) is 17.1 Å². The van der Waals surface area contributed by atoms with Gasteiger partial charge in [-0.3, -0.25) is 9.78 Å². The van der Waals surface area contributed by atoms with Gasteiger partial charge in [0.2, 0.25) is 5.91 Å². The van der Waals surface area contributed by atoms with E-state index in [1.54, 1.807) is 12.1 Å².